The molecular weight excluding hydrogens is 360 g/mol. The van der Waals surface area contributed by atoms with Crippen LogP contribution in [0.25, 0.3) is 11.4 Å². The Bertz CT molecular complexity index is 979. The van der Waals surface area contributed by atoms with E-state index in [0.29, 0.717) is 23.0 Å². The van der Waals surface area contributed by atoms with E-state index in [1.807, 2.05) is 23.6 Å². The second kappa shape index (κ2) is 8.47. The minimum absolute atomic E-state index is 0.196. The van der Waals surface area contributed by atoms with E-state index in [4.69, 9.17) is 5.26 Å². The van der Waals surface area contributed by atoms with Crippen LogP contribution in [0.5, 0.6) is 0 Å². The molecule has 0 aliphatic carbocycles. The van der Waals surface area contributed by atoms with Crippen LogP contribution in [-0.4, -0.2) is 30.9 Å². The summed E-state index contributed by atoms with van der Waals surface area (Å²) in [4.78, 5) is 16.6. The van der Waals surface area contributed by atoms with Crippen molar-refractivity contribution in [3.8, 4) is 17.5 Å². The van der Waals surface area contributed by atoms with Crippen molar-refractivity contribution in [2.45, 2.75) is 30.8 Å². The maximum absolute atomic E-state index is 12.6. The number of aromatic nitrogens is 4. The molecule has 2 heterocycles. The molecule has 136 valence electrons. The van der Waals surface area contributed by atoms with Gasteiger partial charge < -0.3 is 9.88 Å². The minimum Gasteiger partial charge on any atom is -0.324 e. The Balaban J connectivity index is 1.76. The van der Waals surface area contributed by atoms with E-state index in [0.717, 1.165) is 11.4 Å². The highest BCUT2D eigenvalue weighted by atomic mass is 32.2. The number of thioether (sulfide) groups is 1. The van der Waals surface area contributed by atoms with Crippen LogP contribution in [0.3, 0.4) is 0 Å². The lowest BCUT2D eigenvalue weighted by Crippen LogP contribution is -2.23. The van der Waals surface area contributed by atoms with Crippen molar-refractivity contribution in [2.75, 3.05) is 5.32 Å². The summed E-state index contributed by atoms with van der Waals surface area (Å²) in [5, 5.41) is 20.7. The number of amides is 1. The van der Waals surface area contributed by atoms with Crippen LogP contribution in [0.1, 0.15) is 19.4 Å². The summed E-state index contributed by atoms with van der Waals surface area (Å²) in [6.45, 7) is 4.49. The molecule has 0 aliphatic rings. The van der Waals surface area contributed by atoms with Gasteiger partial charge in [-0.25, -0.2) is 0 Å². The fourth-order valence-electron chi connectivity index (χ4n) is 2.51. The van der Waals surface area contributed by atoms with E-state index < -0.39 is 5.25 Å². The summed E-state index contributed by atoms with van der Waals surface area (Å²) in [5.41, 5.74) is 1.86. The van der Waals surface area contributed by atoms with Gasteiger partial charge in [0.25, 0.3) is 0 Å². The van der Waals surface area contributed by atoms with Crippen LogP contribution in [0.4, 0.5) is 5.69 Å². The minimum atomic E-state index is -0.406. The maximum Gasteiger partial charge on any atom is 0.237 e. The third kappa shape index (κ3) is 4.15. The van der Waals surface area contributed by atoms with Crippen molar-refractivity contribution in [2.24, 2.45) is 0 Å². The van der Waals surface area contributed by atoms with Gasteiger partial charge in [-0.15, -0.1) is 10.2 Å². The highest BCUT2D eigenvalue weighted by Crippen LogP contribution is 2.27. The SMILES string of the molecule is CCn1c(S[C@@H](C)C(=O)Nc2ccccc2C#N)nnc1-c1ccncc1. The summed E-state index contributed by atoms with van der Waals surface area (Å²) in [6, 6.07) is 12.7. The number of benzene rings is 1. The standard InChI is InChI=1S/C19H18N6OS/c1-3-25-17(14-8-10-21-11-9-14)23-24-19(25)27-13(2)18(26)22-16-7-5-4-6-15(16)12-20/h4-11,13H,3H2,1-2H3,(H,22,26)/t13-/m0/s1. The van der Waals surface area contributed by atoms with Crippen LogP contribution >= 0.6 is 11.8 Å². The molecular formula is C19H18N6OS. The third-order valence-electron chi connectivity index (χ3n) is 3.93. The Hall–Kier alpha value is -3.18. The normalized spacial score (nSPS) is 11.6. The first-order chi connectivity index (χ1) is 13.1. The predicted octanol–water partition coefficient (Wildman–Crippen LogP) is 3.35. The van der Waals surface area contributed by atoms with Crippen LogP contribution in [0.2, 0.25) is 0 Å². The van der Waals surface area contributed by atoms with Gasteiger partial charge in [-0.2, -0.15) is 5.26 Å². The first-order valence-electron chi connectivity index (χ1n) is 8.44. The van der Waals surface area contributed by atoms with Gasteiger partial charge in [-0.3, -0.25) is 9.78 Å². The molecule has 0 radical (unpaired) electrons. The molecule has 8 heteroatoms. The molecule has 3 aromatic rings. The van der Waals surface area contributed by atoms with E-state index in [9.17, 15) is 4.79 Å². The summed E-state index contributed by atoms with van der Waals surface area (Å²) < 4.78 is 1.97. The molecule has 0 spiro atoms. The van der Waals surface area contributed by atoms with E-state index in [1.165, 1.54) is 11.8 Å². The molecule has 1 atom stereocenters. The Morgan fingerprint density at radius 1 is 1.26 bits per heavy atom. The number of pyridine rings is 1. The van der Waals surface area contributed by atoms with Gasteiger partial charge in [-0.05, 0) is 38.1 Å². The predicted molar refractivity (Wildman–Crippen MR) is 104 cm³/mol. The maximum atomic E-state index is 12.6. The number of rotatable bonds is 6. The topological polar surface area (TPSA) is 96.5 Å². The lowest BCUT2D eigenvalue weighted by molar-refractivity contribution is -0.115. The quantitative estimate of drug-likeness (QED) is 0.661. The van der Waals surface area contributed by atoms with Crippen molar-refractivity contribution in [3.05, 3.63) is 54.4 Å². The molecule has 0 fully saturated rings. The lowest BCUT2D eigenvalue weighted by Gasteiger charge is -2.13. The first kappa shape index (κ1) is 18.6. The highest BCUT2D eigenvalue weighted by Gasteiger charge is 2.21. The summed E-state index contributed by atoms with van der Waals surface area (Å²) >= 11 is 1.33. The molecule has 27 heavy (non-hydrogen) atoms. The van der Waals surface area contributed by atoms with Crippen LogP contribution in [0.15, 0.2) is 53.9 Å². The largest absolute Gasteiger partial charge is 0.324 e. The number of para-hydroxylation sites is 1. The van der Waals surface area contributed by atoms with Crippen molar-refractivity contribution < 1.29 is 4.79 Å². The van der Waals surface area contributed by atoms with Gasteiger partial charge in [0, 0.05) is 24.5 Å². The molecule has 7 nitrogen and oxygen atoms in total. The number of hydrogen-bond donors (Lipinski definition) is 1. The van der Waals surface area contributed by atoms with Gasteiger partial charge >= 0.3 is 0 Å². The summed E-state index contributed by atoms with van der Waals surface area (Å²) in [6.07, 6.45) is 3.42. The molecule has 1 amide bonds. The summed E-state index contributed by atoms with van der Waals surface area (Å²) in [7, 11) is 0. The number of anilines is 1. The third-order valence-corrected chi connectivity index (χ3v) is 5.01. The second-order valence-electron chi connectivity index (χ2n) is 5.69. The van der Waals surface area contributed by atoms with Gasteiger partial charge in [0.15, 0.2) is 11.0 Å². The van der Waals surface area contributed by atoms with E-state index in [-0.39, 0.29) is 5.91 Å². The fourth-order valence-corrected chi connectivity index (χ4v) is 3.42. The zero-order valence-electron chi connectivity index (χ0n) is 15.0. The first-order valence-corrected chi connectivity index (χ1v) is 9.32. The zero-order chi connectivity index (χ0) is 19.2. The van der Waals surface area contributed by atoms with Gasteiger partial charge in [0.2, 0.25) is 5.91 Å². The lowest BCUT2D eigenvalue weighted by atomic mass is 10.2. The number of carbonyl (C=O) groups is 1. The zero-order valence-corrected chi connectivity index (χ0v) is 15.8. The van der Waals surface area contributed by atoms with E-state index in [1.54, 1.807) is 43.6 Å². The molecule has 2 aromatic heterocycles. The highest BCUT2D eigenvalue weighted by molar-refractivity contribution is 8.00. The van der Waals surface area contributed by atoms with Crippen molar-refractivity contribution in [1.82, 2.24) is 19.7 Å². The molecule has 1 aromatic carbocycles. The molecule has 0 saturated carbocycles. The molecule has 0 unspecified atom stereocenters. The smallest absolute Gasteiger partial charge is 0.237 e. The van der Waals surface area contributed by atoms with Crippen LogP contribution in [0, 0.1) is 11.3 Å². The molecule has 0 aliphatic heterocycles. The second-order valence-corrected chi connectivity index (χ2v) is 7.00. The van der Waals surface area contributed by atoms with Crippen molar-refractivity contribution >= 4 is 23.4 Å². The molecule has 3 rings (SSSR count). The van der Waals surface area contributed by atoms with Crippen molar-refractivity contribution in [1.29, 1.82) is 5.26 Å². The van der Waals surface area contributed by atoms with Crippen molar-refractivity contribution in [3.63, 3.8) is 0 Å². The van der Waals surface area contributed by atoms with Crippen LogP contribution < -0.4 is 5.32 Å². The van der Waals surface area contributed by atoms with Crippen LogP contribution in [-0.2, 0) is 11.3 Å². The molecule has 1 N–H and O–H groups in total. The number of nitriles is 1. The number of nitrogens with one attached hydrogen (secondary N) is 1. The Labute approximate surface area is 161 Å². The number of hydrogen-bond acceptors (Lipinski definition) is 6. The van der Waals surface area contributed by atoms with Gasteiger partial charge in [0.05, 0.1) is 16.5 Å². The van der Waals surface area contributed by atoms with Gasteiger partial charge in [0.1, 0.15) is 6.07 Å². The van der Waals surface area contributed by atoms with E-state index >= 15 is 0 Å². The fraction of sp³-hybridized carbons (Fsp3) is 0.211. The molecule has 0 saturated heterocycles. The average molecular weight is 378 g/mol. The molecule has 0 bridgehead atoms. The Kier molecular flexibility index (Phi) is 5.84. The van der Waals surface area contributed by atoms with E-state index in [2.05, 4.69) is 26.6 Å². The average Bonchev–Trinajstić information content (AvgIpc) is 3.11. The number of carbonyl (C=O) groups excluding carboxylic acids is 1. The Morgan fingerprint density at radius 3 is 2.70 bits per heavy atom. The Morgan fingerprint density at radius 2 is 2.00 bits per heavy atom. The van der Waals surface area contributed by atoms with Gasteiger partial charge in [-0.1, -0.05) is 23.9 Å². The number of nitrogens with zero attached hydrogens (tertiary/aromatic N) is 5. The monoisotopic (exact) mass is 378 g/mol. The summed E-state index contributed by atoms with van der Waals surface area (Å²) in [5.74, 6) is 0.545.